The molecule has 2 aliphatic rings. The number of hydrogen-bond donors (Lipinski definition) is 2. The van der Waals surface area contributed by atoms with E-state index >= 15 is 0 Å². The fraction of sp³-hybridized carbons (Fsp3) is 0.500. The number of nitrogens with one attached hydrogen (secondary N) is 1. The predicted molar refractivity (Wildman–Crippen MR) is 66.8 cm³/mol. The van der Waals surface area contributed by atoms with Crippen molar-refractivity contribution in [1.29, 1.82) is 0 Å². The molecule has 2 aliphatic heterocycles. The van der Waals surface area contributed by atoms with E-state index < -0.39 is 11.4 Å². The number of ether oxygens (including phenoxy) is 1. The van der Waals surface area contributed by atoms with Crippen LogP contribution in [0.3, 0.4) is 0 Å². The van der Waals surface area contributed by atoms with Crippen molar-refractivity contribution in [1.82, 2.24) is 5.32 Å². The van der Waals surface area contributed by atoms with Crippen molar-refractivity contribution in [2.75, 3.05) is 26.3 Å². The van der Waals surface area contributed by atoms with Crippen molar-refractivity contribution < 1.29 is 14.6 Å². The zero-order valence-corrected chi connectivity index (χ0v) is 10.2. The van der Waals surface area contributed by atoms with Gasteiger partial charge >= 0.3 is 5.97 Å². The number of carboxylic acid groups (broad SMARTS) is 1. The molecule has 18 heavy (non-hydrogen) atoms. The first-order valence-corrected chi connectivity index (χ1v) is 6.35. The van der Waals surface area contributed by atoms with E-state index in [0.29, 0.717) is 5.92 Å². The number of hydrogen-bond acceptors (Lipinski definition) is 3. The fourth-order valence-corrected chi connectivity index (χ4v) is 2.75. The minimum atomic E-state index is -0.817. The maximum atomic E-state index is 11.4. The van der Waals surface area contributed by atoms with Crippen LogP contribution in [0.25, 0.3) is 0 Å². The lowest BCUT2D eigenvalue weighted by Crippen LogP contribution is -2.53. The molecular weight excluding hydrogens is 230 g/mol. The van der Waals surface area contributed by atoms with Gasteiger partial charge in [-0.05, 0) is 30.0 Å². The highest BCUT2D eigenvalue weighted by Gasteiger charge is 2.48. The predicted octanol–water partition coefficient (Wildman–Crippen LogP) is 1.12. The molecule has 3 rings (SSSR count). The molecule has 96 valence electrons. The van der Waals surface area contributed by atoms with E-state index in [2.05, 4.69) is 11.4 Å². The Morgan fingerprint density at radius 2 is 2.28 bits per heavy atom. The zero-order chi connectivity index (χ0) is 12.6. The van der Waals surface area contributed by atoms with Gasteiger partial charge < -0.3 is 15.2 Å². The third-order valence-electron chi connectivity index (χ3n) is 4.08. The third-order valence-corrected chi connectivity index (χ3v) is 4.08. The van der Waals surface area contributed by atoms with Gasteiger partial charge in [0.2, 0.25) is 0 Å². The molecular formula is C14H17NO3. The number of aliphatic carboxylic acids is 1. The molecule has 0 saturated carbocycles. The summed E-state index contributed by atoms with van der Waals surface area (Å²) in [6.07, 6.45) is 1.13. The first-order valence-electron chi connectivity index (χ1n) is 6.35. The van der Waals surface area contributed by atoms with Crippen LogP contribution in [0.1, 0.15) is 23.5 Å². The molecule has 0 bridgehead atoms. The van der Waals surface area contributed by atoms with Gasteiger partial charge in [0.25, 0.3) is 0 Å². The van der Waals surface area contributed by atoms with Crippen molar-refractivity contribution >= 4 is 5.97 Å². The van der Waals surface area contributed by atoms with Crippen molar-refractivity contribution in [2.24, 2.45) is 0 Å². The summed E-state index contributed by atoms with van der Waals surface area (Å²) >= 11 is 0. The molecule has 1 atom stereocenters. The summed E-state index contributed by atoms with van der Waals surface area (Å²) in [6.45, 7) is 2.60. The smallest absolute Gasteiger partial charge is 0.318 e. The van der Waals surface area contributed by atoms with Crippen LogP contribution in [0, 0.1) is 0 Å². The Hall–Kier alpha value is -1.39. The quantitative estimate of drug-likeness (QED) is 0.840. The lowest BCUT2D eigenvalue weighted by Gasteiger charge is -2.38. The van der Waals surface area contributed by atoms with Crippen LogP contribution < -0.4 is 5.32 Å². The largest absolute Gasteiger partial charge is 0.480 e. The highest BCUT2D eigenvalue weighted by molar-refractivity contribution is 5.83. The zero-order valence-electron chi connectivity index (χ0n) is 10.2. The molecule has 4 heteroatoms. The van der Waals surface area contributed by atoms with Crippen LogP contribution in [0.2, 0.25) is 0 Å². The normalized spacial score (nSPS) is 25.7. The van der Waals surface area contributed by atoms with Crippen LogP contribution in [0.5, 0.6) is 0 Å². The van der Waals surface area contributed by atoms with Crippen LogP contribution in [-0.2, 0) is 14.9 Å². The van der Waals surface area contributed by atoms with Gasteiger partial charge in [-0.2, -0.15) is 0 Å². The molecule has 1 aromatic carbocycles. The fourth-order valence-electron chi connectivity index (χ4n) is 2.75. The van der Waals surface area contributed by atoms with Crippen LogP contribution in [0.4, 0.5) is 0 Å². The molecule has 0 aliphatic carbocycles. The Bertz CT molecular complexity index is 462. The average Bonchev–Trinajstić information content (AvgIpc) is 2.80. The van der Waals surface area contributed by atoms with E-state index in [-0.39, 0.29) is 13.2 Å². The maximum Gasteiger partial charge on any atom is 0.318 e. The number of rotatable bonds is 3. The highest BCUT2D eigenvalue weighted by atomic mass is 16.5. The van der Waals surface area contributed by atoms with Crippen molar-refractivity contribution in [2.45, 2.75) is 17.8 Å². The summed E-state index contributed by atoms with van der Waals surface area (Å²) in [7, 11) is 0. The third kappa shape index (κ3) is 1.72. The Morgan fingerprint density at radius 1 is 1.44 bits per heavy atom. The lowest BCUT2D eigenvalue weighted by molar-refractivity contribution is -0.163. The van der Waals surface area contributed by atoms with E-state index in [4.69, 9.17) is 4.74 Å². The van der Waals surface area contributed by atoms with Gasteiger partial charge in [0.05, 0.1) is 13.2 Å². The average molecular weight is 247 g/mol. The second kappa shape index (κ2) is 4.37. The van der Waals surface area contributed by atoms with E-state index in [9.17, 15) is 9.90 Å². The first-order chi connectivity index (χ1) is 8.72. The van der Waals surface area contributed by atoms with E-state index in [1.807, 2.05) is 18.2 Å². The Balaban J connectivity index is 1.92. The molecule has 2 N–H and O–H groups in total. The summed E-state index contributed by atoms with van der Waals surface area (Å²) in [5.41, 5.74) is 1.30. The lowest BCUT2D eigenvalue weighted by atomic mass is 9.77. The van der Waals surface area contributed by atoms with Gasteiger partial charge in [0.1, 0.15) is 5.41 Å². The van der Waals surface area contributed by atoms with E-state index in [1.165, 1.54) is 5.56 Å². The minimum Gasteiger partial charge on any atom is -0.480 e. The summed E-state index contributed by atoms with van der Waals surface area (Å²) in [5, 5.41) is 12.7. The molecule has 2 fully saturated rings. The summed E-state index contributed by atoms with van der Waals surface area (Å²) in [6, 6.07) is 8.01. The second-order valence-electron chi connectivity index (χ2n) is 5.20. The van der Waals surface area contributed by atoms with Crippen molar-refractivity contribution in [3.05, 3.63) is 35.4 Å². The van der Waals surface area contributed by atoms with Gasteiger partial charge in [0.15, 0.2) is 0 Å². The van der Waals surface area contributed by atoms with E-state index in [1.54, 1.807) is 0 Å². The SMILES string of the molecule is O=C(O)C1(c2cccc(C3CCNC3)c2)COC1. The molecule has 0 amide bonds. The highest BCUT2D eigenvalue weighted by Crippen LogP contribution is 2.34. The first kappa shape index (κ1) is 11.7. The molecule has 0 spiro atoms. The van der Waals surface area contributed by atoms with Crippen LogP contribution in [0.15, 0.2) is 24.3 Å². The monoisotopic (exact) mass is 247 g/mol. The van der Waals surface area contributed by atoms with Crippen LogP contribution in [-0.4, -0.2) is 37.4 Å². The minimum absolute atomic E-state index is 0.286. The number of carboxylic acids is 1. The van der Waals surface area contributed by atoms with Gasteiger partial charge in [-0.15, -0.1) is 0 Å². The molecule has 0 radical (unpaired) electrons. The van der Waals surface area contributed by atoms with Crippen molar-refractivity contribution in [3.63, 3.8) is 0 Å². The van der Waals surface area contributed by atoms with Crippen molar-refractivity contribution in [3.8, 4) is 0 Å². The number of carbonyl (C=O) groups is 1. The van der Waals surface area contributed by atoms with Gasteiger partial charge in [0, 0.05) is 6.54 Å². The molecule has 4 nitrogen and oxygen atoms in total. The topological polar surface area (TPSA) is 58.6 Å². The molecule has 2 heterocycles. The standard InChI is InChI=1S/C14H17NO3/c16-13(17)14(8-18-9-14)12-3-1-2-10(6-12)11-4-5-15-7-11/h1-3,6,11,15H,4-5,7-9H2,(H,16,17). The van der Waals surface area contributed by atoms with Gasteiger partial charge in [-0.25, -0.2) is 0 Å². The summed E-state index contributed by atoms with van der Waals surface area (Å²) in [5.74, 6) is -0.271. The van der Waals surface area contributed by atoms with E-state index in [0.717, 1.165) is 25.1 Å². The maximum absolute atomic E-state index is 11.4. The Kier molecular flexibility index (Phi) is 2.84. The molecule has 1 unspecified atom stereocenters. The molecule has 0 aromatic heterocycles. The Labute approximate surface area is 106 Å². The van der Waals surface area contributed by atoms with Gasteiger partial charge in [-0.3, -0.25) is 4.79 Å². The Morgan fingerprint density at radius 3 is 2.83 bits per heavy atom. The van der Waals surface area contributed by atoms with Crippen LogP contribution >= 0.6 is 0 Å². The van der Waals surface area contributed by atoms with Gasteiger partial charge in [-0.1, -0.05) is 24.3 Å². The molecule has 2 saturated heterocycles. The second-order valence-corrected chi connectivity index (χ2v) is 5.20. The summed E-state index contributed by atoms with van der Waals surface area (Å²) < 4.78 is 5.13. The summed E-state index contributed by atoms with van der Waals surface area (Å²) in [4.78, 5) is 11.4. The number of benzene rings is 1. The molecule has 1 aromatic rings.